The minimum atomic E-state index is 0.696. The lowest BCUT2D eigenvalue weighted by Gasteiger charge is -2.18. The van der Waals surface area contributed by atoms with Gasteiger partial charge in [-0.1, -0.05) is 41.9 Å². The molecule has 1 aromatic heterocycles. The Kier molecular flexibility index (Phi) is 5.03. The van der Waals surface area contributed by atoms with Crippen molar-refractivity contribution >= 4 is 22.5 Å². The van der Waals surface area contributed by atoms with Crippen LogP contribution in [0.2, 0.25) is 5.02 Å². The van der Waals surface area contributed by atoms with Gasteiger partial charge in [-0.05, 0) is 43.3 Å². The van der Waals surface area contributed by atoms with Gasteiger partial charge in [0.2, 0.25) is 0 Å². The fraction of sp³-hybridized carbons (Fsp3) is 0.250. The summed E-state index contributed by atoms with van der Waals surface area (Å²) in [5.41, 5.74) is 4.19. The molecular weight excluding hydrogens is 320 g/mol. The van der Waals surface area contributed by atoms with Crippen molar-refractivity contribution in [1.82, 2.24) is 9.88 Å². The number of pyridine rings is 1. The molecule has 0 unspecified atom stereocenters. The van der Waals surface area contributed by atoms with Crippen LogP contribution >= 0.6 is 11.6 Å². The topological polar surface area (TPSA) is 25.4 Å². The number of benzene rings is 2. The van der Waals surface area contributed by atoms with Crippen LogP contribution in [0.4, 0.5) is 0 Å². The number of halogens is 1. The number of fused-ring (bicyclic) bond motifs is 1. The Morgan fingerprint density at radius 1 is 1.08 bits per heavy atom. The predicted octanol–water partition coefficient (Wildman–Crippen LogP) is 4.84. The summed E-state index contributed by atoms with van der Waals surface area (Å²) in [4.78, 5) is 6.96. The molecule has 0 fully saturated rings. The Hall–Kier alpha value is -2.10. The summed E-state index contributed by atoms with van der Waals surface area (Å²) in [5, 5.41) is 1.87. The summed E-state index contributed by atoms with van der Waals surface area (Å²) in [5.74, 6) is 0.874. The second kappa shape index (κ2) is 7.20. The quantitative estimate of drug-likeness (QED) is 0.664. The number of aryl methyl sites for hydroxylation is 1. The van der Waals surface area contributed by atoms with Crippen LogP contribution in [0, 0.1) is 6.92 Å². The second-order valence-corrected chi connectivity index (χ2v) is 6.42. The van der Waals surface area contributed by atoms with E-state index in [1.54, 1.807) is 7.11 Å². The van der Waals surface area contributed by atoms with Gasteiger partial charge in [-0.3, -0.25) is 4.90 Å². The van der Waals surface area contributed by atoms with Gasteiger partial charge >= 0.3 is 0 Å². The molecule has 0 radical (unpaired) electrons. The van der Waals surface area contributed by atoms with Crippen molar-refractivity contribution in [2.24, 2.45) is 0 Å². The van der Waals surface area contributed by atoms with Crippen molar-refractivity contribution in [1.29, 1.82) is 0 Å². The first-order chi connectivity index (χ1) is 11.6. The molecule has 0 N–H and O–H groups in total. The highest BCUT2D eigenvalue weighted by Gasteiger charge is 2.12. The average Bonchev–Trinajstić information content (AvgIpc) is 2.59. The molecule has 3 rings (SSSR count). The molecule has 0 amide bonds. The molecule has 3 nitrogen and oxygen atoms in total. The molecule has 0 bridgehead atoms. The number of ether oxygens (including phenoxy) is 1. The molecule has 0 atom stereocenters. The molecule has 0 saturated heterocycles. The molecule has 0 saturated carbocycles. The summed E-state index contributed by atoms with van der Waals surface area (Å²) in [6.45, 7) is 3.56. The molecule has 124 valence electrons. The van der Waals surface area contributed by atoms with Crippen molar-refractivity contribution in [3.63, 3.8) is 0 Å². The van der Waals surface area contributed by atoms with Crippen molar-refractivity contribution in [3.05, 3.63) is 70.4 Å². The largest absolute Gasteiger partial charge is 0.497 e. The Morgan fingerprint density at radius 2 is 1.88 bits per heavy atom. The normalized spacial score (nSPS) is 11.2. The molecular formula is C20H21ClN2O. The molecule has 2 aromatic carbocycles. The maximum Gasteiger partial charge on any atom is 0.119 e. The Morgan fingerprint density at radius 3 is 2.67 bits per heavy atom. The van der Waals surface area contributed by atoms with Gasteiger partial charge in [0.05, 0.1) is 23.3 Å². The van der Waals surface area contributed by atoms with E-state index in [9.17, 15) is 0 Å². The van der Waals surface area contributed by atoms with Crippen LogP contribution in [0.3, 0.4) is 0 Å². The number of aromatic nitrogens is 1. The van der Waals surface area contributed by atoms with Gasteiger partial charge in [0.1, 0.15) is 5.75 Å². The monoisotopic (exact) mass is 340 g/mol. The van der Waals surface area contributed by atoms with Crippen LogP contribution in [0.25, 0.3) is 10.9 Å². The van der Waals surface area contributed by atoms with E-state index in [2.05, 4.69) is 37.1 Å². The third-order valence-electron chi connectivity index (χ3n) is 4.15. The van der Waals surface area contributed by atoms with Crippen LogP contribution in [0.5, 0.6) is 5.75 Å². The van der Waals surface area contributed by atoms with Crippen LogP contribution in [-0.4, -0.2) is 24.0 Å². The van der Waals surface area contributed by atoms with Gasteiger partial charge in [0.15, 0.2) is 0 Å². The summed E-state index contributed by atoms with van der Waals surface area (Å²) in [6, 6.07) is 16.2. The number of methoxy groups -OCH3 is 1. The molecule has 0 spiro atoms. The van der Waals surface area contributed by atoms with E-state index >= 15 is 0 Å². The van der Waals surface area contributed by atoms with E-state index in [-0.39, 0.29) is 0 Å². The maximum absolute atomic E-state index is 6.56. The lowest BCUT2D eigenvalue weighted by Crippen LogP contribution is -2.18. The van der Waals surface area contributed by atoms with E-state index in [1.807, 2.05) is 30.3 Å². The third kappa shape index (κ3) is 3.53. The minimum Gasteiger partial charge on any atom is -0.497 e. The van der Waals surface area contributed by atoms with Crippen LogP contribution in [0.15, 0.2) is 48.5 Å². The highest BCUT2D eigenvalue weighted by atomic mass is 35.5. The van der Waals surface area contributed by atoms with Gasteiger partial charge in [-0.2, -0.15) is 0 Å². The van der Waals surface area contributed by atoms with Gasteiger partial charge in [0, 0.05) is 18.5 Å². The minimum absolute atomic E-state index is 0.696. The summed E-state index contributed by atoms with van der Waals surface area (Å²) in [6.07, 6.45) is 0. The Labute approximate surface area is 147 Å². The molecule has 24 heavy (non-hydrogen) atoms. The molecule has 4 heteroatoms. The van der Waals surface area contributed by atoms with E-state index in [0.717, 1.165) is 39.5 Å². The summed E-state index contributed by atoms with van der Waals surface area (Å²) >= 11 is 6.56. The van der Waals surface area contributed by atoms with E-state index in [0.29, 0.717) is 6.54 Å². The predicted molar refractivity (Wildman–Crippen MR) is 99.7 cm³/mol. The van der Waals surface area contributed by atoms with E-state index < -0.39 is 0 Å². The van der Waals surface area contributed by atoms with Crippen molar-refractivity contribution in [2.45, 2.75) is 20.0 Å². The number of rotatable bonds is 5. The fourth-order valence-corrected chi connectivity index (χ4v) is 3.12. The lowest BCUT2D eigenvalue weighted by molar-refractivity contribution is 0.314. The van der Waals surface area contributed by atoms with Gasteiger partial charge in [0.25, 0.3) is 0 Å². The highest BCUT2D eigenvalue weighted by Crippen LogP contribution is 2.27. The number of nitrogens with zero attached hydrogens (tertiary/aromatic N) is 2. The molecule has 3 aromatic rings. The lowest BCUT2D eigenvalue weighted by atomic mass is 10.1. The fourth-order valence-electron chi connectivity index (χ4n) is 2.92. The molecule has 0 aliphatic heterocycles. The third-order valence-corrected chi connectivity index (χ3v) is 4.65. The first kappa shape index (κ1) is 16.7. The molecule has 0 aliphatic rings. The average molecular weight is 341 g/mol. The Balaban J connectivity index is 1.82. The smallest absolute Gasteiger partial charge is 0.119 e. The van der Waals surface area contributed by atoms with Gasteiger partial charge in [-0.15, -0.1) is 0 Å². The first-order valence-electron chi connectivity index (χ1n) is 7.93. The highest BCUT2D eigenvalue weighted by molar-refractivity contribution is 6.32. The number of hydrogen-bond acceptors (Lipinski definition) is 3. The zero-order chi connectivity index (χ0) is 17.1. The van der Waals surface area contributed by atoms with Crippen molar-refractivity contribution in [3.8, 4) is 5.75 Å². The van der Waals surface area contributed by atoms with Crippen molar-refractivity contribution in [2.75, 3.05) is 14.2 Å². The second-order valence-electron chi connectivity index (χ2n) is 6.04. The molecule has 1 heterocycles. The zero-order valence-electron chi connectivity index (χ0n) is 14.2. The van der Waals surface area contributed by atoms with E-state index in [1.165, 1.54) is 5.56 Å². The Bertz CT molecular complexity index is 863. The van der Waals surface area contributed by atoms with Crippen LogP contribution < -0.4 is 4.74 Å². The van der Waals surface area contributed by atoms with E-state index in [4.69, 9.17) is 21.3 Å². The van der Waals surface area contributed by atoms with Gasteiger partial charge < -0.3 is 4.74 Å². The standard InChI is InChI=1S/C20H21ClN2O/c1-14-17-9-4-5-10-18(17)22-19(20(14)21)13-23(2)12-15-7-6-8-16(11-15)24-3/h4-11H,12-13H2,1-3H3. The SMILES string of the molecule is COc1cccc(CN(C)Cc2nc3ccccc3c(C)c2Cl)c1. The first-order valence-corrected chi connectivity index (χ1v) is 8.31. The van der Waals surface area contributed by atoms with Crippen LogP contribution in [-0.2, 0) is 13.1 Å². The van der Waals surface area contributed by atoms with Crippen LogP contribution in [0.1, 0.15) is 16.8 Å². The van der Waals surface area contributed by atoms with Gasteiger partial charge in [-0.25, -0.2) is 4.98 Å². The van der Waals surface area contributed by atoms with Crippen molar-refractivity contribution < 1.29 is 4.74 Å². The maximum atomic E-state index is 6.56. The number of hydrogen-bond donors (Lipinski definition) is 0. The summed E-state index contributed by atoms with van der Waals surface area (Å²) in [7, 11) is 3.76. The number of para-hydroxylation sites is 1. The zero-order valence-corrected chi connectivity index (χ0v) is 15.0. The summed E-state index contributed by atoms with van der Waals surface area (Å²) < 4.78 is 5.29. The molecule has 0 aliphatic carbocycles.